The lowest BCUT2D eigenvalue weighted by atomic mass is 10.1. The van der Waals surface area contributed by atoms with Crippen LogP contribution in [0.1, 0.15) is 16.7 Å². The molecule has 0 aromatic heterocycles. The van der Waals surface area contributed by atoms with Crippen LogP contribution in [0.4, 0.5) is 5.69 Å². The Morgan fingerprint density at radius 1 is 0.950 bits per heavy atom. The zero-order valence-corrected chi connectivity index (χ0v) is 14.0. The number of benzene rings is 2. The minimum Gasteiger partial charge on any atom is -0.278 e. The van der Waals surface area contributed by atoms with Crippen molar-refractivity contribution in [2.75, 3.05) is 4.72 Å². The second-order valence-electron chi connectivity index (χ2n) is 4.83. The minimum atomic E-state index is -3.57. The van der Waals surface area contributed by atoms with Crippen LogP contribution in [0.2, 0.25) is 0 Å². The molecule has 0 aliphatic heterocycles. The summed E-state index contributed by atoms with van der Waals surface area (Å²) in [6, 6.07) is 10.6. The molecule has 0 saturated heterocycles. The molecule has 0 unspecified atom stereocenters. The maximum absolute atomic E-state index is 12.4. The third kappa shape index (κ3) is 3.22. The van der Waals surface area contributed by atoms with Gasteiger partial charge >= 0.3 is 0 Å². The fourth-order valence-electron chi connectivity index (χ4n) is 1.79. The molecule has 20 heavy (non-hydrogen) atoms. The van der Waals surface area contributed by atoms with Gasteiger partial charge in [0, 0.05) is 4.47 Å². The van der Waals surface area contributed by atoms with Gasteiger partial charge < -0.3 is 0 Å². The third-order valence-electron chi connectivity index (χ3n) is 3.16. The van der Waals surface area contributed by atoms with E-state index in [1.54, 1.807) is 18.2 Å². The van der Waals surface area contributed by atoms with Crippen molar-refractivity contribution < 1.29 is 8.42 Å². The quantitative estimate of drug-likeness (QED) is 0.899. The highest BCUT2D eigenvalue weighted by Crippen LogP contribution is 2.26. The van der Waals surface area contributed by atoms with Crippen LogP contribution in [0.3, 0.4) is 0 Å². The molecule has 0 bridgehead atoms. The van der Waals surface area contributed by atoms with Crippen LogP contribution in [-0.4, -0.2) is 8.42 Å². The Bertz CT molecular complexity index is 754. The summed E-state index contributed by atoms with van der Waals surface area (Å²) >= 11 is 3.37. The molecular weight excluding hydrogens is 338 g/mol. The Labute approximate surface area is 128 Å². The van der Waals surface area contributed by atoms with Gasteiger partial charge in [0.25, 0.3) is 10.0 Å². The lowest BCUT2D eigenvalue weighted by molar-refractivity contribution is 0.601. The third-order valence-corrected chi connectivity index (χ3v) is 5.18. The lowest BCUT2D eigenvalue weighted by Gasteiger charge is -2.11. The molecule has 0 amide bonds. The zero-order valence-electron chi connectivity index (χ0n) is 11.6. The van der Waals surface area contributed by atoms with E-state index in [1.807, 2.05) is 39.0 Å². The number of nitrogens with one attached hydrogen (secondary N) is 1. The second kappa shape index (κ2) is 5.58. The summed E-state index contributed by atoms with van der Waals surface area (Å²) in [6.45, 7) is 5.80. The summed E-state index contributed by atoms with van der Waals surface area (Å²) in [5.41, 5.74) is 3.62. The van der Waals surface area contributed by atoms with Gasteiger partial charge in [-0.1, -0.05) is 12.1 Å². The van der Waals surface area contributed by atoms with Crippen LogP contribution in [0, 0.1) is 20.8 Å². The van der Waals surface area contributed by atoms with Crippen LogP contribution in [0.25, 0.3) is 0 Å². The van der Waals surface area contributed by atoms with Crippen molar-refractivity contribution in [3.8, 4) is 0 Å². The second-order valence-corrected chi connectivity index (χ2v) is 7.37. The summed E-state index contributed by atoms with van der Waals surface area (Å²) in [6.07, 6.45) is 0. The number of halogens is 1. The normalized spacial score (nSPS) is 11.4. The number of rotatable bonds is 3. The van der Waals surface area contributed by atoms with E-state index in [9.17, 15) is 8.42 Å². The molecule has 2 aromatic carbocycles. The summed E-state index contributed by atoms with van der Waals surface area (Å²) < 4.78 is 28.1. The average Bonchev–Trinajstić information content (AvgIpc) is 2.36. The van der Waals surface area contributed by atoms with E-state index in [-0.39, 0.29) is 4.90 Å². The molecule has 0 atom stereocenters. The van der Waals surface area contributed by atoms with E-state index in [1.165, 1.54) is 0 Å². The topological polar surface area (TPSA) is 46.2 Å². The number of sulfonamides is 1. The average molecular weight is 354 g/mol. The molecule has 2 rings (SSSR count). The lowest BCUT2D eigenvalue weighted by Crippen LogP contribution is -2.13. The van der Waals surface area contributed by atoms with Crippen LogP contribution >= 0.6 is 15.9 Å². The van der Waals surface area contributed by atoms with Crippen molar-refractivity contribution in [1.82, 2.24) is 0 Å². The zero-order chi connectivity index (χ0) is 14.9. The van der Waals surface area contributed by atoms with Gasteiger partial charge in [0.15, 0.2) is 0 Å². The van der Waals surface area contributed by atoms with Gasteiger partial charge in [-0.05, 0) is 77.7 Å². The molecule has 2 aromatic rings. The van der Waals surface area contributed by atoms with Crippen molar-refractivity contribution in [2.24, 2.45) is 0 Å². The van der Waals surface area contributed by atoms with E-state index in [0.717, 1.165) is 21.2 Å². The monoisotopic (exact) mass is 353 g/mol. The fourth-order valence-corrected chi connectivity index (χ4v) is 3.68. The smallest absolute Gasteiger partial charge is 0.261 e. The van der Waals surface area contributed by atoms with Crippen molar-refractivity contribution in [3.05, 3.63) is 57.6 Å². The first-order valence-electron chi connectivity index (χ1n) is 6.16. The number of hydrogen-bond acceptors (Lipinski definition) is 2. The van der Waals surface area contributed by atoms with E-state index in [0.29, 0.717) is 5.69 Å². The molecular formula is C15H16BrNO2S. The van der Waals surface area contributed by atoms with Crippen LogP contribution < -0.4 is 4.72 Å². The Hall–Kier alpha value is -1.33. The number of hydrogen-bond donors (Lipinski definition) is 1. The molecule has 0 fully saturated rings. The van der Waals surface area contributed by atoms with Crippen molar-refractivity contribution >= 4 is 31.6 Å². The van der Waals surface area contributed by atoms with Crippen LogP contribution in [-0.2, 0) is 10.0 Å². The molecule has 0 saturated carbocycles. The first-order chi connectivity index (χ1) is 9.29. The van der Waals surface area contributed by atoms with E-state index in [4.69, 9.17) is 0 Å². The Kier molecular flexibility index (Phi) is 4.20. The highest BCUT2D eigenvalue weighted by molar-refractivity contribution is 9.10. The van der Waals surface area contributed by atoms with Crippen molar-refractivity contribution in [3.63, 3.8) is 0 Å². The van der Waals surface area contributed by atoms with E-state index in [2.05, 4.69) is 20.7 Å². The van der Waals surface area contributed by atoms with Gasteiger partial charge in [-0.15, -0.1) is 0 Å². The highest BCUT2D eigenvalue weighted by atomic mass is 79.9. The molecule has 0 spiro atoms. The summed E-state index contributed by atoms with van der Waals surface area (Å²) in [5, 5.41) is 0. The van der Waals surface area contributed by atoms with Gasteiger partial charge in [-0.3, -0.25) is 4.72 Å². The summed E-state index contributed by atoms with van der Waals surface area (Å²) in [7, 11) is -3.57. The molecule has 1 N–H and O–H groups in total. The molecule has 3 nitrogen and oxygen atoms in total. The molecule has 0 heterocycles. The number of aryl methyl sites for hydroxylation is 3. The van der Waals surface area contributed by atoms with Gasteiger partial charge in [0.05, 0.1) is 10.6 Å². The summed E-state index contributed by atoms with van der Waals surface area (Å²) in [4.78, 5) is 0.271. The molecule has 0 aliphatic rings. The van der Waals surface area contributed by atoms with E-state index < -0.39 is 10.0 Å². The predicted molar refractivity (Wildman–Crippen MR) is 85.6 cm³/mol. The molecule has 106 valence electrons. The SMILES string of the molecule is Cc1ccc(NS(=O)(=O)c2ccc(C)c(C)c2)c(Br)c1. The first-order valence-corrected chi connectivity index (χ1v) is 8.43. The minimum absolute atomic E-state index is 0.271. The van der Waals surface area contributed by atoms with E-state index >= 15 is 0 Å². The maximum atomic E-state index is 12.4. The standard InChI is InChI=1S/C15H16BrNO2S/c1-10-4-7-15(14(16)8-10)17-20(18,19)13-6-5-11(2)12(3)9-13/h4-9,17H,1-3H3. The molecule has 0 radical (unpaired) electrons. The molecule has 5 heteroatoms. The maximum Gasteiger partial charge on any atom is 0.261 e. The predicted octanol–water partition coefficient (Wildman–Crippen LogP) is 4.18. The van der Waals surface area contributed by atoms with Crippen molar-refractivity contribution in [1.29, 1.82) is 0 Å². The van der Waals surface area contributed by atoms with Crippen LogP contribution in [0.5, 0.6) is 0 Å². The summed E-state index contributed by atoms with van der Waals surface area (Å²) in [5.74, 6) is 0. The van der Waals surface area contributed by atoms with Gasteiger partial charge in [0.1, 0.15) is 0 Å². The largest absolute Gasteiger partial charge is 0.278 e. The van der Waals surface area contributed by atoms with Gasteiger partial charge in [-0.2, -0.15) is 0 Å². The van der Waals surface area contributed by atoms with Gasteiger partial charge in [-0.25, -0.2) is 8.42 Å². The molecule has 0 aliphatic carbocycles. The Balaban J connectivity index is 2.38. The highest BCUT2D eigenvalue weighted by Gasteiger charge is 2.16. The first kappa shape index (κ1) is 15.1. The Morgan fingerprint density at radius 3 is 2.25 bits per heavy atom. The van der Waals surface area contributed by atoms with Crippen LogP contribution in [0.15, 0.2) is 45.8 Å². The number of anilines is 1. The Morgan fingerprint density at radius 2 is 1.65 bits per heavy atom. The van der Waals surface area contributed by atoms with Gasteiger partial charge in [0.2, 0.25) is 0 Å². The fraction of sp³-hybridized carbons (Fsp3) is 0.200. The van der Waals surface area contributed by atoms with Crippen molar-refractivity contribution in [2.45, 2.75) is 25.7 Å².